The van der Waals surface area contributed by atoms with E-state index in [9.17, 15) is 10.1 Å². The molecule has 0 fully saturated rings. The summed E-state index contributed by atoms with van der Waals surface area (Å²) < 4.78 is 0. The summed E-state index contributed by atoms with van der Waals surface area (Å²) >= 11 is 0. The van der Waals surface area contributed by atoms with Gasteiger partial charge in [-0.05, 0) is 23.8 Å². The summed E-state index contributed by atoms with van der Waals surface area (Å²) in [4.78, 5) is 15.7. The first-order chi connectivity index (χ1) is 9.03. The van der Waals surface area contributed by atoms with Crippen LogP contribution in [-0.4, -0.2) is 9.91 Å². The van der Waals surface area contributed by atoms with Gasteiger partial charge >= 0.3 is 0 Å². The topological polar surface area (TPSA) is 56.0 Å². The van der Waals surface area contributed by atoms with Gasteiger partial charge in [0, 0.05) is 17.2 Å². The van der Waals surface area contributed by atoms with Crippen molar-refractivity contribution in [3.05, 3.63) is 33.1 Å². The smallest absolute Gasteiger partial charge is 0.258 e. The van der Waals surface area contributed by atoms with Gasteiger partial charge in [0.1, 0.15) is 5.69 Å². The molecular weight excluding hydrogens is 252 g/mol. The number of rotatable bonds is 4. The second-order valence-electron chi connectivity index (χ2n) is 7.24. The zero-order valence-electron chi connectivity index (χ0n) is 13.7. The van der Waals surface area contributed by atoms with E-state index >= 15 is 0 Å². The van der Waals surface area contributed by atoms with E-state index in [4.69, 9.17) is 0 Å². The lowest BCUT2D eigenvalue weighted by molar-refractivity contribution is -0.386. The first-order valence-corrected chi connectivity index (χ1v) is 7.21. The Balaban J connectivity index is 3.50. The molecule has 0 bridgehead atoms. The molecule has 0 aliphatic rings. The summed E-state index contributed by atoms with van der Waals surface area (Å²) in [6, 6.07) is 1.92. The van der Waals surface area contributed by atoms with Crippen LogP contribution in [0.4, 0.5) is 5.69 Å². The van der Waals surface area contributed by atoms with Gasteiger partial charge in [0.2, 0.25) is 0 Å². The van der Waals surface area contributed by atoms with Crippen molar-refractivity contribution in [2.75, 3.05) is 0 Å². The third kappa shape index (κ3) is 4.02. The Kier molecular flexibility index (Phi) is 4.90. The first kappa shape index (κ1) is 16.6. The SMILES string of the molecule is CC(C)c1cc(CC(C)(C)C)nc(C(C)C)c1[N+](=O)[O-]. The van der Waals surface area contributed by atoms with Gasteiger partial charge in [-0.1, -0.05) is 48.5 Å². The maximum Gasteiger partial charge on any atom is 0.294 e. The average Bonchev–Trinajstić information content (AvgIpc) is 2.24. The van der Waals surface area contributed by atoms with Crippen LogP contribution in [0.5, 0.6) is 0 Å². The molecule has 4 nitrogen and oxygen atoms in total. The van der Waals surface area contributed by atoms with E-state index in [1.54, 1.807) is 0 Å². The van der Waals surface area contributed by atoms with Gasteiger partial charge in [0.25, 0.3) is 5.69 Å². The van der Waals surface area contributed by atoms with E-state index in [1.807, 2.05) is 33.8 Å². The molecule has 1 aromatic rings. The van der Waals surface area contributed by atoms with Crippen LogP contribution >= 0.6 is 0 Å². The van der Waals surface area contributed by atoms with Gasteiger partial charge in [0.05, 0.1) is 4.92 Å². The quantitative estimate of drug-likeness (QED) is 0.585. The van der Waals surface area contributed by atoms with Crippen molar-refractivity contribution in [3.63, 3.8) is 0 Å². The third-order valence-electron chi connectivity index (χ3n) is 3.17. The molecule has 0 aliphatic heterocycles. The van der Waals surface area contributed by atoms with Crippen molar-refractivity contribution in [2.45, 2.75) is 66.7 Å². The molecule has 0 radical (unpaired) electrons. The summed E-state index contributed by atoms with van der Waals surface area (Å²) in [7, 11) is 0. The number of hydrogen-bond acceptors (Lipinski definition) is 3. The number of nitrogens with zero attached hydrogens (tertiary/aromatic N) is 2. The van der Waals surface area contributed by atoms with Crippen molar-refractivity contribution in [2.24, 2.45) is 5.41 Å². The predicted molar refractivity (Wildman–Crippen MR) is 82.2 cm³/mol. The molecule has 1 aromatic heterocycles. The van der Waals surface area contributed by atoms with Gasteiger partial charge < -0.3 is 0 Å². The first-order valence-electron chi connectivity index (χ1n) is 7.21. The third-order valence-corrected chi connectivity index (χ3v) is 3.17. The average molecular weight is 278 g/mol. The van der Waals surface area contributed by atoms with E-state index in [0.717, 1.165) is 17.7 Å². The minimum atomic E-state index is -0.279. The van der Waals surface area contributed by atoms with Crippen molar-refractivity contribution in [1.82, 2.24) is 4.98 Å². The summed E-state index contributed by atoms with van der Waals surface area (Å²) in [5.74, 6) is 0.169. The second-order valence-corrected chi connectivity index (χ2v) is 7.24. The van der Waals surface area contributed by atoms with E-state index in [-0.39, 0.29) is 27.9 Å². The molecule has 20 heavy (non-hydrogen) atoms. The van der Waals surface area contributed by atoms with Crippen LogP contribution in [0.2, 0.25) is 0 Å². The Morgan fingerprint density at radius 2 is 1.75 bits per heavy atom. The van der Waals surface area contributed by atoms with E-state index in [0.29, 0.717) is 5.69 Å². The largest absolute Gasteiger partial charge is 0.294 e. The van der Waals surface area contributed by atoms with Crippen molar-refractivity contribution in [3.8, 4) is 0 Å². The Hall–Kier alpha value is -1.45. The Labute approximate surface area is 121 Å². The molecule has 1 rings (SSSR count). The van der Waals surface area contributed by atoms with Gasteiger partial charge in [-0.3, -0.25) is 15.1 Å². The number of pyridine rings is 1. The summed E-state index contributed by atoms with van der Waals surface area (Å²) in [5, 5.41) is 11.4. The fourth-order valence-corrected chi connectivity index (χ4v) is 2.31. The van der Waals surface area contributed by atoms with Crippen LogP contribution in [0, 0.1) is 15.5 Å². The van der Waals surface area contributed by atoms with E-state index in [1.165, 1.54) is 0 Å². The summed E-state index contributed by atoms with van der Waals surface area (Å²) in [5.41, 5.74) is 2.68. The van der Waals surface area contributed by atoms with Gasteiger partial charge in [-0.25, -0.2) is 0 Å². The standard InChI is InChI=1S/C16H26N2O2/c1-10(2)13-8-12(9-16(5,6)7)17-14(11(3)4)15(13)18(19)20/h8,10-11H,9H2,1-7H3. The van der Waals surface area contributed by atoms with Crippen molar-refractivity contribution in [1.29, 1.82) is 0 Å². The van der Waals surface area contributed by atoms with Crippen LogP contribution in [-0.2, 0) is 6.42 Å². The van der Waals surface area contributed by atoms with Crippen molar-refractivity contribution >= 4 is 5.69 Å². The lowest BCUT2D eigenvalue weighted by atomic mass is 9.88. The monoisotopic (exact) mass is 278 g/mol. The number of hydrogen-bond donors (Lipinski definition) is 0. The molecule has 0 N–H and O–H groups in total. The Morgan fingerprint density at radius 1 is 1.20 bits per heavy atom. The minimum Gasteiger partial charge on any atom is -0.258 e. The van der Waals surface area contributed by atoms with Crippen LogP contribution in [0.3, 0.4) is 0 Å². The highest BCUT2D eigenvalue weighted by molar-refractivity contribution is 5.48. The molecule has 0 unspecified atom stereocenters. The number of nitro groups is 1. The summed E-state index contributed by atoms with van der Waals surface area (Å²) in [6.07, 6.45) is 0.824. The number of aromatic nitrogens is 1. The fraction of sp³-hybridized carbons (Fsp3) is 0.688. The van der Waals surface area contributed by atoms with Crippen LogP contribution in [0.15, 0.2) is 6.07 Å². The van der Waals surface area contributed by atoms with E-state index < -0.39 is 0 Å². The lowest BCUT2D eigenvalue weighted by Crippen LogP contribution is -2.14. The van der Waals surface area contributed by atoms with Crippen LogP contribution in [0.1, 0.15) is 77.3 Å². The van der Waals surface area contributed by atoms with Crippen LogP contribution in [0.25, 0.3) is 0 Å². The molecule has 0 amide bonds. The molecule has 0 aliphatic carbocycles. The second kappa shape index (κ2) is 5.90. The highest BCUT2D eigenvalue weighted by atomic mass is 16.6. The highest BCUT2D eigenvalue weighted by Crippen LogP contribution is 2.34. The molecule has 112 valence electrons. The molecule has 0 saturated heterocycles. The van der Waals surface area contributed by atoms with Gasteiger partial charge in [0.15, 0.2) is 0 Å². The zero-order valence-corrected chi connectivity index (χ0v) is 13.7. The molecule has 0 saturated carbocycles. The molecule has 0 spiro atoms. The normalized spacial score (nSPS) is 12.2. The molecule has 0 aromatic carbocycles. The molecule has 1 heterocycles. The minimum absolute atomic E-state index is 0.0489. The zero-order chi connectivity index (χ0) is 15.7. The molecule has 4 heteroatoms. The Morgan fingerprint density at radius 3 is 2.10 bits per heavy atom. The Bertz CT molecular complexity index is 471. The summed E-state index contributed by atoms with van der Waals surface area (Å²) in [6.45, 7) is 14.4. The highest BCUT2D eigenvalue weighted by Gasteiger charge is 2.27. The maximum absolute atomic E-state index is 11.4. The van der Waals surface area contributed by atoms with Gasteiger partial charge in [-0.15, -0.1) is 0 Å². The van der Waals surface area contributed by atoms with Gasteiger partial charge in [-0.2, -0.15) is 0 Å². The van der Waals surface area contributed by atoms with Crippen LogP contribution < -0.4 is 0 Å². The predicted octanol–water partition coefficient (Wildman–Crippen LogP) is 4.83. The maximum atomic E-state index is 11.4. The molecular formula is C16H26N2O2. The van der Waals surface area contributed by atoms with Crippen molar-refractivity contribution < 1.29 is 4.92 Å². The fourth-order valence-electron chi connectivity index (χ4n) is 2.31. The lowest BCUT2D eigenvalue weighted by Gasteiger charge is -2.20. The van der Waals surface area contributed by atoms with E-state index in [2.05, 4.69) is 25.8 Å². The molecule has 0 atom stereocenters.